The van der Waals surface area contributed by atoms with E-state index < -0.39 is 0 Å². The van der Waals surface area contributed by atoms with Crippen molar-refractivity contribution in [2.45, 2.75) is 0 Å². The molecule has 0 atom stereocenters. The Morgan fingerprint density at radius 2 is 1.91 bits per heavy atom. The van der Waals surface area contributed by atoms with E-state index in [9.17, 15) is 4.79 Å². The highest BCUT2D eigenvalue weighted by Gasteiger charge is 2.09. The van der Waals surface area contributed by atoms with Crippen molar-refractivity contribution in [2.75, 3.05) is 31.9 Å². The number of hydrogen-bond donors (Lipinski definition) is 2. The summed E-state index contributed by atoms with van der Waals surface area (Å²) < 4.78 is 15.7. The molecule has 2 rings (SSSR count). The molecule has 116 valence electrons. The van der Waals surface area contributed by atoms with Crippen molar-refractivity contribution in [3.8, 4) is 17.2 Å². The van der Waals surface area contributed by atoms with Gasteiger partial charge < -0.3 is 25.3 Å². The lowest BCUT2D eigenvalue weighted by Gasteiger charge is -2.12. The third-order valence-corrected chi connectivity index (χ3v) is 2.91. The Morgan fingerprint density at radius 1 is 1.09 bits per heavy atom. The van der Waals surface area contributed by atoms with Crippen molar-refractivity contribution in [3.63, 3.8) is 0 Å². The van der Waals surface area contributed by atoms with Crippen LogP contribution in [0.25, 0.3) is 0 Å². The van der Waals surface area contributed by atoms with Crippen LogP contribution in [-0.4, -0.2) is 26.7 Å². The van der Waals surface area contributed by atoms with Gasteiger partial charge >= 0.3 is 0 Å². The van der Waals surface area contributed by atoms with Crippen molar-refractivity contribution in [1.82, 2.24) is 0 Å². The van der Waals surface area contributed by atoms with Gasteiger partial charge in [-0.25, -0.2) is 0 Å². The average Bonchev–Trinajstić information content (AvgIpc) is 2.53. The van der Waals surface area contributed by atoms with Gasteiger partial charge in [-0.15, -0.1) is 0 Å². The smallest absolute Gasteiger partial charge is 0.262 e. The number of methoxy groups -OCH3 is 2. The van der Waals surface area contributed by atoms with Gasteiger partial charge in [0.1, 0.15) is 17.2 Å². The van der Waals surface area contributed by atoms with E-state index in [1.54, 1.807) is 49.6 Å². The molecule has 6 nitrogen and oxygen atoms in total. The number of amides is 1. The number of anilines is 2. The molecule has 0 saturated carbocycles. The number of nitrogens with two attached hydrogens (primary N) is 1. The molecular formula is C16H18N2O4. The second-order valence-corrected chi connectivity index (χ2v) is 4.48. The van der Waals surface area contributed by atoms with Crippen LogP contribution in [0, 0.1) is 0 Å². The largest absolute Gasteiger partial charge is 0.497 e. The highest BCUT2D eigenvalue weighted by Crippen LogP contribution is 2.28. The zero-order chi connectivity index (χ0) is 15.9. The first-order valence-electron chi connectivity index (χ1n) is 6.62. The highest BCUT2D eigenvalue weighted by atomic mass is 16.5. The number of rotatable bonds is 6. The summed E-state index contributed by atoms with van der Waals surface area (Å²) in [5.41, 5.74) is 6.77. The van der Waals surface area contributed by atoms with Crippen molar-refractivity contribution in [2.24, 2.45) is 0 Å². The second kappa shape index (κ2) is 7.21. The van der Waals surface area contributed by atoms with Gasteiger partial charge in [0, 0.05) is 17.8 Å². The standard InChI is InChI=1S/C16H18N2O4/c1-20-12-6-7-14(15(9-12)21-2)18-16(19)10-22-13-5-3-4-11(17)8-13/h3-9H,10,17H2,1-2H3,(H,18,19). The van der Waals surface area contributed by atoms with Crippen LogP contribution in [-0.2, 0) is 4.79 Å². The van der Waals surface area contributed by atoms with E-state index in [0.717, 1.165) is 0 Å². The Kier molecular flexibility index (Phi) is 5.08. The first kappa shape index (κ1) is 15.5. The first-order chi connectivity index (χ1) is 10.6. The lowest BCUT2D eigenvalue weighted by Crippen LogP contribution is -2.20. The number of benzene rings is 2. The van der Waals surface area contributed by atoms with Crippen LogP contribution in [0.3, 0.4) is 0 Å². The van der Waals surface area contributed by atoms with Crippen LogP contribution in [0.2, 0.25) is 0 Å². The Morgan fingerprint density at radius 3 is 2.59 bits per heavy atom. The Hall–Kier alpha value is -2.89. The van der Waals surface area contributed by atoms with Crippen molar-refractivity contribution in [1.29, 1.82) is 0 Å². The molecule has 0 fully saturated rings. The number of ether oxygens (including phenoxy) is 3. The predicted molar refractivity (Wildman–Crippen MR) is 84.5 cm³/mol. The van der Waals surface area contributed by atoms with Crippen LogP contribution in [0.1, 0.15) is 0 Å². The summed E-state index contributed by atoms with van der Waals surface area (Å²) in [5.74, 6) is 1.39. The molecule has 3 N–H and O–H groups in total. The minimum absolute atomic E-state index is 0.126. The maximum atomic E-state index is 11.9. The highest BCUT2D eigenvalue weighted by molar-refractivity contribution is 5.93. The molecule has 0 bridgehead atoms. The fourth-order valence-electron chi connectivity index (χ4n) is 1.84. The summed E-state index contributed by atoms with van der Waals surface area (Å²) in [4.78, 5) is 11.9. The van der Waals surface area contributed by atoms with Gasteiger partial charge in [0.25, 0.3) is 5.91 Å². The molecule has 2 aromatic carbocycles. The number of nitrogens with one attached hydrogen (secondary N) is 1. The Bertz CT molecular complexity index is 658. The van der Waals surface area contributed by atoms with Crippen LogP contribution >= 0.6 is 0 Å². The second-order valence-electron chi connectivity index (χ2n) is 4.48. The Labute approximate surface area is 128 Å². The van der Waals surface area contributed by atoms with Crippen molar-refractivity contribution in [3.05, 3.63) is 42.5 Å². The quantitative estimate of drug-likeness (QED) is 0.800. The molecule has 0 unspecified atom stereocenters. The molecule has 0 aliphatic heterocycles. The fraction of sp³-hybridized carbons (Fsp3) is 0.188. The van der Waals surface area contributed by atoms with E-state index in [2.05, 4.69) is 5.32 Å². The summed E-state index contributed by atoms with van der Waals surface area (Å²) in [7, 11) is 3.08. The molecule has 0 aliphatic rings. The Balaban J connectivity index is 1.97. The summed E-state index contributed by atoms with van der Waals surface area (Å²) >= 11 is 0. The van der Waals surface area contributed by atoms with Crippen LogP contribution in [0.5, 0.6) is 17.2 Å². The van der Waals surface area contributed by atoms with Crippen molar-refractivity contribution < 1.29 is 19.0 Å². The SMILES string of the molecule is COc1ccc(NC(=O)COc2cccc(N)c2)c(OC)c1. The van der Waals surface area contributed by atoms with Crippen LogP contribution in [0.15, 0.2) is 42.5 Å². The topological polar surface area (TPSA) is 82.8 Å². The number of nitrogen functional groups attached to an aromatic ring is 1. The van der Waals surface area contributed by atoms with Gasteiger partial charge in [0.05, 0.1) is 19.9 Å². The zero-order valence-corrected chi connectivity index (χ0v) is 12.5. The lowest BCUT2D eigenvalue weighted by atomic mass is 10.2. The molecular weight excluding hydrogens is 284 g/mol. The van der Waals surface area contributed by atoms with Gasteiger partial charge in [0.2, 0.25) is 0 Å². The van der Waals surface area contributed by atoms with Crippen LogP contribution in [0.4, 0.5) is 11.4 Å². The number of carbonyl (C=O) groups is 1. The molecule has 0 radical (unpaired) electrons. The van der Waals surface area contributed by atoms with Crippen molar-refractivity contribution >= 4 is 17.3 Å². The van der Waals surface area contributed by atoms with Gasteiger partial charge in [-0.05, 0) is 24.3 Å². The number of hydrogen-bond acceptors (Lipinski definition) is 5. The van der Waals surface area contributed by atoms with E-state index >= 15 is 0 Å². The number of carbonyl (C=O) groups excluding carboxylic acids is 1. The van der Waals surface area contributed by atoms with E-state index in [-0.39, 0.29) is 12.5 Å². The van der Waals surface area contributed by atoms with Crippen LogP contribution < -0.4 is 25.3 Å². The van der Waals surface area contributed by atoms with E-state index in [4.69, 9.17) is 19.9 Å². The molecule has 0 saturated heterocycles. The fourth-order valence-corrected chi connectivity index (χ4v) is 1.84. The first-order valence-corrected chi connectivity index (χ1v) is 6.62. The average molecular weight is 302 g/mol. The summed E-state index contributed by atoms with van der Waals surface area (Å²) in [6.45, 7) is -0.126. The lowest BCUT2D eigenvalue weighted by molar-refractivity contribution is -0.118. The molecule has 2 aromatic rings. The molecule has 22 heavy (non-hydrogen) atoms. The minimum Gasteiger partial charge on any atom is -0.497 e. The van der Waals surface area contributed by atoms with Gasteiger partial charge in [-0.2, -0.15) is 0 Å². The summed E-state index contributed by atoms with van der Waals surface area (Å²) in [5, 5.41) is 2.72. The monoisotopic (exact) mass is 302 g/mol. The van der Waals surface area contributed by atoms with E-state index in [1.807, 2.05) is 0 Å². The van der Waals surface area contributed by atoms with Gasteiger partial charge in [-0.1, -0.05) is 6.07 Å². The molecule has 0 heterocycles. The predicted octanol–water partition coefficient (Wildman–Crippen LogP) is 2.30. The maximum absolute atomic E-state index is 11.9. The van der Waals surface area contributed by atoms with E-state index in [0.29, 0.717) is 28.6 Å². The third kappa shape index (κ3) is 4.05. The normalized spacial score (nSPS) is 9.91. The molecule has 1 amide bonds. The third-order valence-electron chi connectivity index (χ3n) is 2.91. The summed E-state index contributed by atoms with van der Waals surface area (Å²) in [6.07, 6.45) is 0. The van der Waals surface area contributed by atoms with Gasteiger partial charge in [-0.3, -0.25) is 4.79 Å². The maximum Gasteiger partial charge on any atom is 0.262 e. The summed E-state index contributed by atoms with van der Waals surface area (Å²) in [6, 6.07) is 12.0. The molecule has 0 aromatic heterocycles. The molecule has 0 spiro atoms. The molecule has 0 aliphatic carbocycles. The zero-order valence-electron chi connectivity index (χ0n) is 12.5. The van der Waals surface area contributed by atoms with Gasteiger partial charge in [0.15, 0.2) is 6.61 Å². The van der Waals surface area contributed by atoms with E-state index in [1.165, 1.54) is 7.11 Å². The minimum atomic E-state index is -0.300. The molecule has 6 heteroatoms.